The molecule has 4 heteroatoms. The van der Waals surface area contributed by atoms with Crippen molar-refractivity contribution in [2.75, 3.05) is 33.3 Å². The zero-order chi connectivity index (χ0) is 15.9. The van der Waals surface area contributed by atoms with Crippen LogP contribution in [-0.2, 0) is 9.53 Å². The summed E-state index contributed by atoms with van der Waals surface area (Å²) in [4.78, 5) is 15.0. The number of carbonyl (C=O) groups is 1. The van der Waals surface area contributed by atoms with E-state index in [4.69, 9.17) is 4.74 Å². The molecule has 21 heavy (non-hydrogen) atoms. The highest BCUT2D eigenvalue weighted by Gasteiger charge is 2.51. The van der Waals surface area contributed by atoms with Gasteiger partial charge in [0.05, 0.1) is 6.61 Å². The molecule has 0 amide bonds. The highest BCUT2D eigenvalue weighted by molar-refractivity contribution is 5.82. The van der Waals surface area contributed by atoms with Crippen LogP contribution in [0.15, 0.2) is 0 Å². The van der Waals surface area contributed by atoms with Crippen LogP contribution in [0.25, 0.3) is 0 Å². The number of nitrogens with one attached hydrogen (secondary N) is 1. The van der Waals surface area contributed by atoms with Crippen LogP contribution >= 0.6 is 0 Å². The normalized spacial score (nSPS) is 18.0. The number of hydrogen-bond donors (Lipinski definition) is 1. The van der Waals surface area contributed by atoms with Gasteiger partial charge in [0.15, 0.2) is 0 Å². The Morgan fingerprint density at radius 1 is 1.29 bits per heavy atom. The monoisotopic (exact) mass is 298 g/mol. The molecular formula is C17H34N2O2. The highest BCUT2D eigenvalue weighted by Crippen LogP contribution is 2.41. The Morgan fingerprint density at radius 3 is 2.29 bits per heavy atom. The van der Waals surface area contributed by atoms with Crippen molar-refractivity contribution in [1.29, 1.82) is 0 Å². The van der Waals surface area contributed by atoms with Gasteiger partial charge in [-0.2, -0.15) is 0 Å². The first-order chi connectivity index (χ1) is 10.1. The number of rotatable bonds is 11. The van der Waals surface area contributed by atoms with Gasteiger partial charge >= 0.3 is 5.97 Å². The third-order valence-electron chi connectivity index (χ3n) is 4.95. The van der Waals surface area contributed by atoms with E-state index in [2.05, 4.69) is 31.0 Å². The van der Waals surface area contributed by atoms with E-state index in [0.29, 0.717) is 18.4 Å². The zero-order valence-corrected chi connectivity index (χ0v) is 14.6. The quantitative estimate of drug-likeness (QED) is 0.596. The maximum Gasteiger partial charge on any atom is 0.327 e. The second-order valence-corrected chi connectivity index (χ2v) is 6.23. The Hall–Kier alpha value is -0.610. The van der Waals surface area contributed by atoms with Gasteiger partial charge in [-0.25, -0.2) is 4.79 Å². The van der Waals surface area contributed by atoms with Gasteiger partial charge in [0.2, 0.25) is 0 Å². The number of nitrogens with zero attached hydrogens (tertiary/aromatic N) is 1. The molecule has 0 aliphatic heterocycles. The van der Waals surface area contributed by atoms with Crippen LogP contribution in [0.5, 0.6) is 0 Å². The fourth-order valence-corrected chi connectivity index (χ4v) is 3.15. The Kier molecular flexibility index (Phi) is 7.67. The number of esters is 1. The van der Waals surface area contributed by atoms with E-state index in [1.54, 1.807) is 0 Å². The van der Waals surface area contributed by atoms with Crippen molar-refractivity contribution in [2.24, 2.45) is 11.8 Å². The fraction of sp³-hybridized carbons (Fsp3) is 0.941. The second-order valence-electron chi connectivity index (χ2n) is 6.23. The third kappa shape index (κ3) is 4.68. The Balaban J connectivity index is 2.80. The molecule has 4 nitrogen and oxygen atoms in total. The van der Waals surface area contributed by atoms with Crippen LogP contribution in [0.1, 0.15) is 53.4 Å². The molecule has 1 N–H and O–H groups in total. The first-order valence-electron chi connectivity index (χ1n) is 8.66. The van der Waals surface area contributed by atoms with Crippen molar-refractivity contribution in [3.8, 4) is 0 Å². The maximum absolute atomic E-state index is 12.5. The summed E-state index contributed by atoms with van der Waals surface area (Å²) in [5.41, 5.74) is -0.516. The maximum atomic E-state index is 12.5. The van der Waals surface area contributed by atoms with Gasteiger partial charge in [0, 0.05) is 13.1 Å². The molecule has 1 aliphatic carbocycles. The van der Waals surface area contributed by atoms with Gasteiger partial charge in [0.25, 0.3) is 0 Å². The highest BCUT2D eigenvalue weighted by atomic mass is 16.5. The third-order valence-corrected chi connectivity index (χ3v) is 4.95. The lowest BCUT2D eigenvalue weighted by Gasteiger charge is -2.37. The van der Waals surface area contributed by atoms with Gasteiger partial charge in [-0.1, -0.05) is 33.6 Å². The summed E-state index contributed by atoms with van der Waals surface area (Å²) in [7, 11) is 1.90. The Labute approximate surface area is 130 Å². The number of hydrogen-bond acceptors (Lipinski definition) is 4. The fourth-order valence-electron chi connectivity index (χ4n) is 3.15. The van der Waals surface area contributed by atoms with Gasteiger partial charge in [-0.15, -0.1) is 0 Å². The minimum atomic E-state index is -0.516. The molecular weight excluding hydrogens is 264 g/mol. The largest absolute Gasteiger partial charge is 0.465 e. The summed E-state index contributed by atoms with van der Waals surface area (Å²) in [5, 5.41) is 3.32. The van der Waals surface area contributed by atoms with Crippen molar-refractivity contribution in [2.45, 2.75) is 58.9 Å². The van der Waals surface area contributed by atoms with E-state index in [1.165, 1.54) is 12.8 Å². The molecule has 1 atom stereocenters. The van der Waals surface area contributed by atoms with E-state index in [9.17, 15) is 4.79 Å². The molecule has 1 unspecified atom stereocenters. The molecule has 0 heterocycles. The summed E-state index contributed by atoms with van der Waals surface area (Å²) in [6.45, 7) is 11.8. The second kappa shape index (κ2) is 8.74. The molecule has 124 valence electrons. The Morgan fingerprint density at radius 2 is 1.90 bits per heavy atom. The SMILES string of the molecule is CCOC(=O)C(CN(CC)CC(CC)CC)(NC)C1CC1. The summed E-state index contributed by atoms with van der Waals surface area (Å²) in [6, 6.07) is 0. The van der Waals surface area contributed by atoms with Crippen LogP contribution in [-0.4, -0.2) is 49.7 Å². The lowest BCUT2D eigenvalue weighted by Crippen LogP contribution is -2.60. The van der Waals surface area contributed by atoms with Crippen molar-refractivity contribution >= 4 is 5.97 Å². The predicted molar refractivity (Wildman–Crippen MR) is 87.3 cm³/mol. The lowest BCUT2D eigenvalue weighted by atomic mass is 9.91. The first-order valence-corrected chi connectivity index (χ1v) is 8.66. The summed E-state index contributed by atoms with van der Waals surface area (Å²) < 4.78 is 5.37. The molecule has 1 saturated carbocycles. The number of ether oxygens (including phenoxy) is 1. The first kappa shape index (κ1) is 18.4. The summed E-state index contributed by atoms with van der Waals surface area (Å²) in [5.74, 6) is 1.07. The smallest absolute Gasteiger partial charge is 0.327 e. The molecule has 1 aliphatic rings. The zero-order valence-electron chi connectivity index (χ0n) is 14.6. The lowest BCUT2D eigenvalue weighted by molar-refractivity contribution is -0.153. The minimum Gasteiger partial charge on any atom is -0.465 e. The van der Waals surface area contributed by atoms with E-state index in [1.807, 2.05) is 14.0 Å². The van der Waals surface area contributed by atoms with Crippen molar-refractivity contribution < 1.29 is 9.53 Å². The van der Waals surface area contributed by atoms with Crippen molar-refractivity contribution in [3.05, 3.63) is 0 Å². The topological polar surface area (TPSA) is 41.6 Å². The molecule has 0 spiro atoms. The molecule has 0 aromatic carbocycles. The summed E-state index contributed by atoms with van der Waals surface area (Å²) >= 11 is 0. The number of likely N-dealkylation sites (N-methyl/N-ethyl adjacent to an activating group) is 2. The van der Waals surface area contributed by atoms with Crippen LogP contribution in [0.2, 0.25) is 0 Å². The Bertz CT molecular complexity index is 314. The minimum absolute atomic E-state index is 0.0713. The van der Waals surface area contributed by atoms with Gasteiger partial charge in [-0.05, 0) is 45.2 Å². The van der Waals surface area contributed by atoms with Crippen LogP contribution in [0, 0.1) is 11.8 Å². The van der Waals surface area contributed by atoms with Gasteiger partial charge in [0.1, 0.15) is 5.54 Å². The van der Waals surface area contributed by atoms with Crippen molar-refractivity contribution in [3.63, 3.8) is 0 Å². The molecule has 1 rings (SSSR count). The number of carbonyl (C=O) groups excluding carboxylic acids is 1. The molecule has 0 saturated heterocycles. The van der Waals surface area contributed by atoms with E-state index in [0.717, 1.165) is 32.5 Å². The average molecular weight is 298 g/mol. The standard InChI is InChI=1S/C17H34N2O2/c1-6-14(7-2)12-19(8-3)13-17(18-5,15-10-11-15)16(20)21-9-4/h14-15,18H,6-13H2,1-5H3. The van der Waals surface area contributed by atoms with Crippen LogP contribution in [0.3, 0.4) is 0 Å². The summed E-state index contributed by atoms with van der Waals surface area (Å²) in [6.07, 6.45) is 4.65. The predicted octanol–water partition coefficient (Wildman–Crippen LogP) is 2.68. The van der Waals surface area contributed by atoms with E-state index >= 15 is 0 Å². The van der Waals surface area contributed by atoms with E-state index < -0.39 is 5.54 Å². The average Bonchev–Trinajstić information content (AvgIpc) is 3.33. The van der Waals surface area contributed by atoms with Gasteiger partial charge < -0.3 is 15.0 Å². The van der Waals surface area contributed by atoms with Crippen molar-refractivity contribution in [1.82, 2.24) is 10.2 Å². The van der Waals surface area contributed by atoms with E-state index in [-0.39, 0.29) is 5.97 Å². The van der Waals surface area contributed by atoms with Crippen LogP contribution in [0.4, 0.5) is 0 Å². The molecule has 1 fully saturated rings. The molecule has 0 radical (unpaired) electrons. The molecule has 0 bridgehead atoms. The molecule has 0 aromatic heterocycles. The van der Waals surface area contributed by atoms with Crippen LogP contribution < -0.4 is 5.32 Å². The molecule has 0 aromatic rings. The van der Waals surface area contributed by atoms with Gasteiger partial charge in [-0.3, -0.25) is 0 Å².